The number of benzene rings is 2. The van der Waals surface area contributed by atoms with E-state index in [0.29, 0.717) is 10.9 Å². The van der Waals surface area contributed by atoms with Crippen molar-refractivity contribution in [1.29, 1.82) is 0 Å². The number of ether oxygens (including phenoxy) is 1. The van der Waals surface area contributed by atoms with Crippen LogP contribution in [0.15, 0.2) is 66.1 Å². The van der Waals surface area contributed by atoms with Crippen LogP contribution >= 0.6 is 11.3 Å². The Labute approximate surface area is 173 Å². The van der Waals surface area contributed by atoms with E-state index in [4.69, 9.17) is 4.74 Å². The number of thiazole rings is 1. The van der Waals surface area contributed by atoms with Gasteiger partial charge >= 0.3 is 0 Å². The lowest BCUT2D eigenvalue weighted by Gasteiger charge is -2.14. The van der Waals surface area contributed by atoms with E-state index in [1.165, 1.54) is 22.3 Å². The molecule has 7 heteroatoms. The average Bonchev–Trinajstić information content (AvgIpc) is 3.21. The lowest BCUT2D eigenvalue weighted by atomic mass is 10.2. The van der Waals surface area contributed by atoms with Crippen LogP contribution in [0.2, 0.25) is 0 Å². The molecule has 3 aromatic rings. The highest BCUT2D eigenvalue weighted by Crippen LogP contribution is 2.24. The zero-order valence-corrected chi connectivity index (χ0v) is 17.0. The molecule has 0 atom stereocenters. The van der Waals surface area contributed by atoms with Crippen molar-refractivity contribution < 1.29 is 14.3 Å². The Morgan fingerprint density at radius 1 is 1.17 bits per heavy atom. The molecule has 0 aliphatic heterocycles. The second-order valence-corrected chi connectivity index (χ2v) is 7.11. The largest absolute Gasteiger partial charge is 0.497 e. The van der Waals surface area contributed by atoms with Gasteiger partial charge in [0.15, 0.2) is 5.13 Å². The molecule has 1 heterocycles. The molecular weight excluding hydrogens is 386 g/mol. The van der Waals surface area contributed by atoms with E-state index in [1.54, 1.807) is 20.2 Å². The van der Waals surface area contributed by atoms with Gasteiger partial charge in [-0.25, -0.2) is 4.98 Å². The molecule has 0 fully saturated rings. The first-order valence-corrected chi connectivity index (χ1v) is 9.81. The SMILES string of the molecule is COc1cccc(/C=C/C(=O)N(C)CC(=O)Nc2nc(-c3ccccc3)cs2)c1. The molecule has 148 valence electrons. The van der Waals surface area contributed by atoms with E-state index in [-0.39, 0.29) is 18.4 Å². The minimum absolute atomic E-state index is 0.0679. The van der Waals surface area contributed by atoms with Crippen molar-refractivity contribution in [2.45, 2.75) is 0 Å². The predicted molar refractivity (Wildman–Crippen MR) is 116 cm³/mol. The zero-order valence-electron chi connectivity index (χ0n) is 16.2. The van der Waals surface area contributed by atoms with Gasteiger partial charge in [0.2, 0.25) is 11.8 Å². The standard InChI is InChI=1S/C22H21N3O3S/c1-25(21(27)12-11-16-7-6-10-18(13-16)28-2)14-20(26)24-22-23-19(15-29-22)17-8-4-3-5-9-17/h3-13,15H,14H2,1-2H3,(H,23,24,26)/b12-11+. The first kappa shape index (κ1) is 20.3. The van der Waals surface area contributed by atoms with Crippen LogP contribution in [0.4, 0.5) is 5.13 Å². The maximum absolute atomic E-state index is 12.3. The number of aromatic nitrogens is 1. The van der Waals surface area contributed by atoms with Crippen molar-refractivity contribution in [2.75, 3.05) is 26.0 Å². The van der Waals surface area contributed by atoms with Crippen LogP contribution in [0.5, 0.6) is 5.75 Å². The van der Waals surface area contributed by atoms with Crippen LogP contribution in [0, 0.1) is 0 Å². The van der Waals surface area contributed by atoms with Gasteiger partial charge in [0.05, 0.1) is 19.3 Å². The third-order valence-electron chi connectivity index (χ3n) is 4.09. The average molecular weight is 407 g/mol. The Balaban J connectivity index is 1.54. The fraction of sp³-hybridized carbons (Fsp3) is 0.136. The van der Waals surface area contributed by atoms with E-state index in [9.17, 15) is 9.59 Å². The number of hydrogen-bond donors (Lipinski definition) is 1. The number of carbonyl (C=O) groups is 2. The molecule has 0 bridgehead atoms. The maximum Gasteiger partial charge on any atom is 0.246 e. The summed E-state index contributed by atoms with van der Waals surface area (Å²) >= 11 is 1.35. The number of rotatable bonds is 7. The van der Waals surface area contributed by atoms with Crippen LogP contribution in [0.3, 0.4) is 0 Å². The number of nitrogens with one attached hydrogen (secondary N) is 1. The predicted octanol–water partition coefficient (Wildman–Crippen LogP) is 3.93. The van der Waals surface area contributed by atoms with Crippen LogP contribution in [-0.4, -0.2) is 42.4 Å². The van der Waals surface area contributed by atoms with E-state index < -0.39 is 0 Å². The molecule has 1 aromatic heterocycles. The van der Waals surface area contributed by atoms with E-state index in [1.807, 2.05) is 60.0 Å². The lowest BCUT2D eigenvalue weighted by Crippen LogP contribution is -2.33. The van der Waals surface area contributed by atoms with Gasteiger partial charge in [0.25, 0.3) is 0 Å². The van der Waals surface area contributed by atoms with Crippen LogP contribution < -0.4 is 10.1 Å². The Bertz CT molecular complexity index is 1010. The Hall–Kier alpha value is -3.45. The fourth-order valence-electron chi connectivity index (χ4n) is 2.56. The quantitative estimate of drug-likeness (QED) is 0.603. The van der Waals surface area contributed by atoms with Gasteiger partial charge in [-0.05, 0) is 23.8 Å². The highest BCUT2D eigenvalue weighted by molar-refractivity contribution is 7.14. The third-order valence-corrected chi connectivity index (χ3v) is 4.85. The van der Waals surface area contributed by atoms with Gasteiger partial charge in [0.1, 0.15) is 5.75 Å². The summed E-state index contributed by atoms with van der Waals surface area (Å²) in [6.45, 7) is -0.0679. The zero-order chi connectivity index (χ0) is 20.6. The second kappa shape index (κ2) is 9.66. The van der Waals surface area contributed by atoms with Gasteiger partial charge in [-0.1, -0.05) is 42.5 Å². The molecule has 0 aliphatic carbocycles. The Morgan fingerprint density at radius 2 is 1.97 bits per heavy atom. The van der Waals surface area contributed by atoms with Gasteiger partial charge in [-0.15, -0.1) is 11.3 Å². The van der Waals surface area contributed by atoms with Gasteiger partial charge in [-0.2, -0.15) is 0 Å². The van der Waals surface area contributed by atoms with E-state index >= 15 is 0 Å². The number of nitrogens with zero attached hydrogens (tertiary/aromatic N) is 2. The molecule has 0 aliphatic rings. The summed E-state index contributed by atoms with van der Waals surface area (Å²) in [5, 5.41) is 5.13. The van der Waals surface area contributed by atoms with Crippen molar-refractivity contribution in [2.24, 2.45) is 0 Å². The molecule has 2 amide bonds. The molecule has 1 N–H and O–H groups in total. The third kappa shape index (κ3) is 5.76. The van der Waals surface area contributed by atoms with Crippen molar-refractivity contribution in [3.63, 3.8) is 0 Å². The summed E-state index contributed by atoms with van der Waals surface area (Å²) in [5.74, 6) is 0.141. The van der Waals surface area contributed by atoms with Crippen LogP contribution in [0.1, 0.15) is 5.56 Å². The molecule has 2 aromatic carbocycles. The topological polar surface area (TPSA) is 71.5 Å². The molecular formula is C22H21N3O3S. The molecule has 3 rings (SSSR count). The summed E-state index contributed by atoms with van der Waals surface area (Å²) in [7, 11) is 3.17. The monoisotopic (exact) mass is 407 g/mol. The molecule has 0 saturated carbocycles. The van der Waals surface area contributed by atoms with Crippen LogP contribution in [0.25, 0.3) is 17.3 Å². The number of amides is 2. The number of likely N-dealkylation sites (N-methyl/N-ethyl adjacent to an activating group) is 1. The summed E-state index contributed by atoms with van der Waals surface area (Å²) < 4.78 is 5.16. The molecule has 0 unspecified atom stereocenters. The first-order valence-electron chi connectivity index (χ1n) is 8.93. The molecule has 29 heavy (non-hydrogen) atoms. The summed E-state index contributed by atoms with van der Waals surface area (Å²) in [4.78, 5) is 30.3. The molecule has 0 saturated heterocycles. The van der Waals surface area contributed by atoms with Crippen LogP contribution in [-0.2, 0) is 9.59 Å². The van der Waals surface area contributed by atoms with Crippen molar-refractivity contribution in [3.8, 4) is 17.0 Å². The second-order valence-electron chi connectivity index (χ2n) is 6.26. The minimum Gasteiger partial charge on any atom is -0.497 e. The van der Waals surface area contributed by atoms with Gasteiger partial charge in [-0.3, -0.25) is 9.59 Å². The Kier molecular flexibility index (Phi) is 6.76. The van der Waals surface area contributed by atoms with E-state index in [0.717, 1.165) is 16.8 Å². The molecule has 0 radical (unpaired) electrons. The van der Waals surface area contributed by atoms with Crippen molar-refractivity contribution >= 4 is 34.4 Å². The smallest absolute Gasteiger partial charge is 0.246 e. The normalized spacial score (nSPS) is 10.7. The fourth-order valence-corrected chi connectivity index (χ4v) is 3.30. The highest BCUT2D eigenvalue weighted by Gasteiger charge is 2.13. The maximum atomic E-state index is 12.3. The summed E-state index contributed by atoms with van der Waals surface area (Å²) in [6, 6.07) is 17.1. The number of hydrogen-bond acceptors (Lipinski definition) is 5. The number of anilines is 1. The first-order chi connectivity index (χ1) is 14.0. The lowest BCUT2D eigenvalue weighted by molar-refractivity contribution is -0.129. The van der Waals surface area contributed by atoms with Gasteiger partial charge < -0.3 is 15.0 Å². The molecule has 0 spiro atoms. The summed E-state index contributed by atoms with van der Waals surface area (Å²) in [6.07, 6.45) is 3.12. The Morgan fingerprint density at radius 3 is 2.72 bits per heavy atom. The van der Waals surface area contributed by atoms with Crippen molar-refractivity contribution in [1.82, 2.24) is 9.88 Å². The number of carbonyl (C=O) groups excluding carboxylic acids is 2. The molecule has 6 nitrogen and oxygen atoms in total. The number of methoxy groups -OCH3 is 1. The van der Waals surface area contributed by atoms with Crippen molar-refractivity contribution in [3.05, 3.63) is 71.6 Å². The highest BCUT2D eigenvalue weighted by atomic mass is 32.1. The van der Waals surface area contributed by atoms with Gasteiger partial charge in [0, 0.05) is 24.1 Å². The van der Waals surface area contributed by atoms with E-state index in [2.05, 4.69) is 10.3 Å². The minimum atomic E-state index is -0.301. The summed E-state index contributed by atoms with van der Waals surface area (Å²) in [5.41, 5.74) is 2.63.